The molecular formula is C23H22N4O. The van der Waals surface area contributed by atoms with Crippen molar-refractivity contribution in [2.45, 2.75) is 6.92 Å². The van der Waals surface area contributed by atoms with Crippen molar-refractivity contribution in [3.63, 3.8) is 0 Å². The summed E-state index contributed by atoms with van der Waals surface area (Å²) in [7, 11) is 2.13. The lowest BCUT2D eigenvalue weighted by atomic mass is 9.83. The number of allylic oxidation sites excluding steroid dienone is 2. The Labute approximate surface area is 164 Å². The van der Waals surface area contributed by atoms with Gasteiger partial charge in [-0.05, 0) is 25.1 Å². The third-order valence-electron chi connectivity index (χ3n) is 5.74. The average Bonchev–Trinajstić information content (AvgIpc) is 3.15. The monoisotopic (exact) mass is 370 g/mol. The molecule has 0 radical (unpaired) electrons. The zero-order valence-electron chi connectivity index (χ0n) is 16.1. The fourth-order valence-corrected chi connectivity index (χ4v) is 4.07. The van der Waals surface area contributed by atoms with E-state index >= 15 is 0 Å². The number of nitrogens with zero attached hydrogens (tertiary/aromatic N) is 4. The molecular weight excluding hydrogens is 348 g/mol. The van der Waals surface area contributed by atoms with Crippen LogP contribution in [0, 0.1) is 6.92 Å². The van der Waals surface area contributed by atoms with Crippen LogP contribution in [0.2, 0.25) is 0 Å². The number of rotatable bonds is 1. The molecule has 0 unspecified atom stereocenters. The second-order valence-electron chi connectivity index (χ2n) is 7.58. The van der Waals surface area contributed by atoms with Crippen molar-refractivity contribution in [3.05, 3.63) is 76.5 Å². The molecule has 0 saturated carbocycles. The van der Waals surface area contributed by atoms with E-state index < -0.39 is 0 Å². The highest BCUT2D eigenvalue weighted by molar-refractivity contribution is 6.43. The first-order valence-corrected chi connectivity index (χ1v) is 9.69. The molecule has 140 valence electrons. The van der Waals surface area contributed by atoms with E-state index in [9.17, 15) is 4.79 Å². The molecule has 0 spiro atoms. The maximum Gasteiger partial charge on any atom is 0.226 e. The van der Waals surface area contributed by atoms with Crippen molar-refractivity contribution in [1.82, 2.24) is 9.80 Å². The number of carbonyl (C=O) groups excluding carboxylic acids is 1. The largest absolute Gasteiger partial charge is 0.338 e. The minimum atomic E-state index is 0.0298. The lowest BCUT2D eigenvalue weighted by Crippen LogP contribution is -2.46. The number of benzene rings is 2. The minimum Gasteiger partial charge on any atom is -0.338 e. The smallest absolute Gasteiger partial charge is 0.226 e. The Kier molecular flexibility index (Phi) is 3.98. The summed E-state index contributed by atoms with van der Waals surface area (Å²) in [5.41, 5.74) is 5.80. The molecule has 5 nitrogen and oxygen atoms in total. The fourth-order valence-electron chi connectivity index (χ4n) is 4.07. The fraction of sp³-hybridized carbons (Fsp3) is 0.261. The summed E-state index contributed by atoms with van der Waals surface area (Å²) in [6.45, 7) is 5.81. The normalized spacial score (nSPS) is 19.4. The van der Waals surface area contributed by atoms with Gasteiger partial charge >= 0.3 is 0 Å². The van der Waals surface area contributed by atoms with Gasteiger partial charge in [0.25, 0.3) is 0 Å². The number of likely N-dealkylation sites (N-methyl/N-ethyl adjacent to an activating group) is 1. The van der Waals surface area contributed by atoms with E-state index in [-0.39, 0.29) is 5.78 Å². The lowest BCUT2D eigenvalue weighted by Gasteiger charge is -2.32. The second-order valence-corrected chi connectivity index (χ2v) is 7.58. The first-order valence-electron chi connectivity index (χ1n) is 9.69. The number of fused-ring (bicyclic) bond motifs is 3. The van der Waals surface area contributed by atoms with Crippen LogP contribution in [0.15, 0.2) is 64.2 Å². The van der Waals surface area contributed by atoms with E-state index in [0.717, 1.165) is 54.5 Å². The van der Waals surface area contributed by atoms with Crippen LogP contribution in [-0.2, 0) is 0 Å². The van der Waals surface area contributed by atoms with Gasteiger partial charge in [0.2, 0.25) is 5.96 Å². The number of hydrogen-bond acceptors (Lipinski definition) is 5. The number of Topliss-reactive ketones (excluding diaryl/α,β-unsaturated/α-hetero) is 1. The van der Waals surface area contributed by atoms with Crippen molar-refractivity contribution in [2.24, 2.45) is 9.98 Å². The molecule has 5 rings (SSSR count). The number of hydrogen-bond donors (Lipinski definition) is 0. The summed E-state index contributed by atoms with van der Waals surface area (Å²) < 4.78 is 0. The molecule has 2 aliphatic heterocycles. The predicted molar refractivity (Wildman–Crippen MR) is 112 cm³/mol. The van der Waals surface area contributed by atoms with E-state index in [1.54, 1.807) is 0 Å². The zero-order chi connectivity index (χ0) is 19.3. The van der Waals surface area contributed by atoms with Crippen molar-refractivity contribution < 1.29 is 4.79 Å². The Morgan fingerprint density at radius 3 is 2.18 bits per heavy atom. The summed E-state index contributed by atoms with van der Waals surface area (Å²) in [6.07, 6.45) is 0. The Hall–Kier alpha value is -3.05. The Bertz CT molecular complexity index is 1070. The highest BCUT2D eigenvalue weighted by Crippen LogP contribution is 2.37. The van der Waals surface area contributed by atoms with Crippen molar-refractivity contribution in [1.29, 1.82) is 0 Å². The number of ketones is 1. The van der Waals surface area contributed by atoms with E-state index in [2.05, 4.69) is 16.8 Å². The Morgan fingerprint density at radius 2 is 1.46 bits per heavy atom. The van der Waals surface area contributed by atoms with Gasteiger partial charge in [-0.25, -0.2) is 9.98 Å². The third kappa shape index (κ3) is 2.62. The summed E-state index contributed by atoms with van der Waals surface area (Å²) in [6, 6.07) is 15.7. The minimum absolute atomic E-state index is 0.0298. The van der Waals surface area contributed by atoms with Crippen LogP contribution >= 0.6 is 0 Å². The van der Waals surface area contributed by atoms with Crippen LogP contribution < -0.4 is 0 Å². The van der Waals surface area contributed by atoms with Gasteiger partial charge in [0, 0.05) is 37.3 Å². The molecule has 1 fully saturated rings. The summed E-state index contributed by atoms with van der Waals surface area (Å²) in [5.74, 6) is 0.760. The molecule has 0 bridgehead atoms. The van der Waals surface area contributed by atoms with Gasteiger partial charge in [-0.2, -0.15) is 0 Å². The third-order valence-corrected chi connectivity index (χ3v) is 5.74. The van der Waals surface area contributed by atoms with Crippen LogP contribution in [0.25, 0.3) is 5.57 Å². The molecule has 0 N–H and O–H groups in total. The van der Waals surface area contributed by atoms with Gasteiger partial charge in [-0.15, -0.1) is 0 Å². The van der Waals surface area contributed by atoms with Crippen LogP contribution in [0.4, 0.5) is 0 Å². The summed E-state index contributed by atoms with van der Waals surface area (Å²) in [5, 5.41) is 0. The maximum atomic E-state index is 13.4. The van der Waals surface area contributed by atoms with Gasteiger partial charge < -0.3 is 9.80 Å². The molecule has 2 heterocycles. The van der Waals surface area contributed by atoms with Crippen LogP contribution in [0.5, 0.6) is 0 Å². The van der Waals surface area contributed by atoms with Crippen LogP contribution in [0.1, 0.15) is 27.0 Å². The second kappa shape index (κ2) is 6.53. The van der Waals surface area contributed by atoms with Crippen LogP contribution in [0.3, 0.4) is 0 Å². The van der Waals surface area contributed by atoms with Crippen LogP contribution in [-0.4, -0.2) is 60.5 Å². The Balaban J connectivity index is 1.69. The van der Waals surface area contributed by atoms with E-state index in [0.29, 0.717) is 16.8 Å². The number of aliphatic imine (C=N–C) groups is 2. The molecule has 0 atom stereocenters. The first kappa shape index (κ1) is 17.1. The highest BCUT2D eigenvalue weighted by atomic mass is 16.1. The van der Waals surface area contributed by atoms with Crippen molar-refractivity contribution >= 4 is 23.0 Å². The zero-order valence-corrected chi connectivity index (χ0v) is 16.1. The van der Waals surface area contributed by atoms with Crippen molar-refractivity contribution in [2.75, 3.05) is 33.2 Å². The average molecular weight is 370 g/mol. The van der Waals surface area contributed by atoms with Gasteiger partial charge in [0.05, 0.1) is 5.57 Å². The quantitative estimate of drug-likeness (QED) is 0.775. The number of carbonyl (C=O) groups is 1. The van der Waals surface area contributed by atoms with Gasteiger partial charge in [0.1, 0.15) is 11.4 Å². The van der Waals surface area contributed by atoms with Gasteiger partial charge in [0.15, 0.2) is 5.78 Å². The molecule has 3 aliphatic rings. The maximum absolute atomic E-state index is 13.4. The van der Waals surface area contributed by atoms with Gasteiger partial charge in [-0.3, -0.25) is 4.79 Å². The van der Waals surface area contributed by atoms with Crippen molar-refractivity contribution in [3.8, 4) is 0 Å². The predicted octanol–water partition coefficient (Wildman–Crippen LogP) is 3.01. The van der Waals surface area contributed by atoms with Gasteiger partial charge in [-0.1, -0.05) is 48.5 Å². The summed E-state index contributed by atoms with van der Waals surface area (Å²) >= 11 is 0. The lowest BCUT2D eigenvalue weighted by molar-refractivity contribution is 0.105. The molecule has 0 aromatic heterocycles. The summed E-state index contributed by atoms with van der Waals surface area (Å²) in [4.78, 5) is 27.8. The molecule has 2 aromatic carbocycles. The highest BCUT2D eigenvalue weighted by Gasteiger charge is 2.36. The molecule has 1 saturated heterocycles. The molecule has 0 amide bonds. The number of guanidine groups is 1. The molecule has 1 aliphatic carbocycles. The number of aryl methyl sites for hydroxylation is 1. The molecule has 2 aromatic rings. The van der Waals surface area contributed by atoms with E-state index in [1.807, 2.05) is 55.5 Å². The Morgan fingerprint density at radius 1 is 0.821 bits per heavy atom. The van der Waals surface area contributed by atoms with E-state index in [4.69, 9.17) is 9.98 Å². The van der Waals surface area contributed by atoms with E-state index in [1.165, 1.54) is 0 Å². The number of piperazine rings is 1. The standard InChI is InChI=1S/C23H22N4O/c1-15-7-3-4-8-16(15)19-21-20(17-9-5-6-10-18(17)22(19)28)24-23(25-21)27-13-11-26(2)12-14-27/h3-10H,11-14H2,1-2H3. The SMILES string of the molecule is Cc1ccccc1C1=C2N=C(N3CCN(C)CC3)N=C2c2ccccc2C1=O. The topological polar surface area (TPSA) is 48.3 Å². The molecule has 28 heavy (non-hydrogen) atoms. The first-order chi connectivity index (χ1) is 13.6. The molecule has 5 heteroatoms.